The van der Waals surface area contributed by atoms with Crippen LogP contribution in [0.5, 0.6) is 0 Å². The van der Waals surface area contributed by atoms with E-state index in [1.54, 1.807) is 45.5 Å². The van der Waals surface area contributed by atoms with Gasteiger partial charge in [0.15, 0.2) is 0 Å². The van der Waals surface area contributed by atoms with Gasteiger partial charge in [0.1, 0.15) is 5.60 Å². The number of carbonyl (C=O) groups is 1. The van der Waals surface area contributed by atoms with Crippen LogP contribution in [0, 0.1) is 0 Å². The van der Waals surface area contributed by atoms with Crippen LogP contribution in [0.15, 0.2) is 12.4 Å². The summed E-state index contributed by atoms with van der Waals surface area (Å²) in [7, 11) is 0. The van der Waals surface area contributed by atoms with Gasteiger partial charge in [-0.3, -0.25) is 10.00 Å². The number of anilines is 1. The highest BCUT2D eigenvalue weighted by atomic mass is 16.6. The van der Waals surface area contributed by atoms with Crippen molar-refractivity contribution in [2.45, 2.75) is 52.4 Å². The molecule has 0 atom stereocenters. The maximum Gasteiger partial charge on any atom is 0.412 e. The van der Waals surface area contributed by atoms with Crippen LogP contribution >= 0.6 is 0 Å². The van der Waals surface area contributed by atoms with E-state index in [4.69, 9.17) is 4.74 Å². The van der Waals surface area contributed by atoms with Gasteiger partial charge in [-0.25, -0.2) is 4.79 Å². The molecule has 102 valence electrons. The number of aromatic nitrogens is 2. The molecule has 0 saturated carbocycles. The summed E-state index contributed by atoms with van der Waals surface area (Å²) >= 11 is 0. The predicted octanol–water partition coefficient (Wildman–Crippen LogP) is 2.00. The van der Waals surface area contributed by atoms with Crippen molar-refractivity contribution >= 4 is 11.8 Å². The highest BCUT2D eigenvalue weighted by Crippen LogP contribution is 2.12. The molecule has 0 spiro atoms. The third kappa shape index (κ3) is 5.67. The Labute approximate surface area is 107 Å². The van der Waals surface area contributed by atoms with Gasteiger partial charge in [-0.05, 0) is 34.6 Å². The second-order valence-electron chi connectivity index (χ2n) is 5.87. The lowest BCUT2D eigenvalue weighted by molar-refractivity contribution is 0.0577. The van der Waals surface area contributed by atoms with Gasteiger partial charge in [0.2, 0.25) is 0 Å². The number of rotatable bonds is 3. The molecule has 1 heterocycles. The lowest BCUT2D eigenvalue weighted by Gasteiger charge is -2.19. The third-order valence-electron chi connectivity index (χ3n) is 1.83. The summed E-state index contributed by atoms with van der Waals surface area (Å²) in [5, 5.41) is 16.3. The predicted molar refractivity (Wildman–Crippen MR) is 68.4 cm³/mol. The maximum atomic E-state index is 11.5. The number of carbonyl (C=O) groups excluding carboxylic acids is 1. The molecule has 0 fully saturated rings. The van der Waals surface area contributed by atoms with Crippen LogP contribution in [0.2, 0.25) is 0 Å². The molecule has 0 aliphatic carbocycles. The Kier molecular flexibility index (Phi) is 4.01. The summed E-state index contributed by atoms with van der Waals surface area (Å²) in [5.41, 5.74) is -0.851. The zero-order valence-corrected chi connectivity index (χ0v) is 11.5. The van der Waals surface area contributed by atoms with Gasteiger partial charge in [-0.2, -0.15) is 5.10 Å². The molecule has 1 aromatic rings. The lowest BCUT2D eigenvalue weighted by atomic mass is 10.1. The Hall–Kier alpha value is -1.56. The normalized spacial score (nSPS) is 12.3. The second-order valence-corrected chi connectivity index (χ2v) is 5.87. The molecule has 0 aromatic carbocycles. The number of amides is 1. The van der Waals surface area contributed by atoms with Crippen LogP contribution < -0.4 is 5.32 Å². The molecule has 0 unspecified atom stereocenters. The first-order valence-corrected chi connectivity index (χ1v) is 5.80. The zero-order chi connectivity index (χ0) is 14.0. The summed E-state index contributed by atoms with van der Waals surface area (Å²) in [6.45, 7) is 9.12. The van der Waals surface area contributed by atoms with E-state index in [9.17, 15) is 9.90 Å². The molecule has 6 heteroatoms. The van der Waals surface area contributed by atoms with E-state index in [0.29, 0.717) is 12.2 Å². The Morgan fingerprint density at radius 1 is 1.44 bits per heavy atom. The maximum absolute atomic E-state index is 11.5. The Balaban J connectivity index is 2.57. The number of ether oxygens (including phenoxy) is 1. The van der Waals surface area contributed by atoms with Crippen molar-refractivity contribution in [2.24, 2.45) is 0 Å². The largest absolute Gasteiger partial charge is 0.444 e. The summed E-state index contributed by atoms with van der Waals surface area (Å²) in [6.07, 6.45) is 2.63. The third-order valence-corrected chi connectivity index (χ3v) is 1.83. The number of nitrogens with one attached hydrogen (secondary N) is 1. The van der Waals surface area contributed by atoms with E-state index in [2.05, 4.69) is 10.4 Å². The van der Waals surface area contributed by atoms with Crippen molar-refractivity contribution in [3.63, 3.8) is 0 Å². The smallest absolute Gasteiger partial charge is 0.412 e. The molecule has 0 aliphatic rings. The van der Waals surface area contributed by atoms with Crippen LogP contribution in [0.3, 0.4) is 0 Å². The SMILES string of the molecule is CC(C)(O)Cn1cc(NC(=O)OC(C)(C)C)cn1. The molecule has 1 aromatic heterocycles. The van der Waals surface area contributed by atoms with Crippen molar-refractivity contribution in [3.05, 3.63) is 12.4 Å². The van der Waals surface area contributed by atoms with Crippen molar-refractivity contribution in [2.75, 3.05) is 5.32 Å². The van der Waals surface area contributed by atoms with Gasteiger partial charge in [-0.1, -0.05) is 0 Å². The average molecular weight is 255 g/mol. The van der Waals surface area contributed by atoms with Crippen molar-refractivity contribution in [1.29, 1.82) is 0 Å². The van der Waals surface area contributed by atoms with E-state index in [1.165, 1.54) is 6.20 Å². The average Bonchev–Trinajstić information content (AvgIpc) is 2.44. The molecular weight excluding hydrogens is 234 g/mol. The van der Waals surface area contributed by atoms with E-state index >= 15 is 0 Å². The highest BCUT2D eigenvalue weighted by Gasteiger charge is 2.17. The first kappa shape index (κ1) is 14.5. The topological polar surface area (TPSA) is 76.4 Å². The van der Waals surface area contributed by atoms with Crippen LogP contribution in [0.4, 0.5) is 10.5 Å². The molecule has 0 aliphatic heterocycles. The van der Waals surface area contributed by atoms with Gasteiger partial charge in [0.25, 0.3) is 0 Å². The van der Waals surface area contributed by atoms with Crippen LogP contribution in [0.25, 0.3) is 0 Å². The number of aliphatic hydroxyl groups is 1. The van der Waals surface area contributed by atoms with Gasteiger partial charge in [0.05, 0.1) is 24.0 Å². The second kappa shape index (κ2) is 4.97. The fourth-order valence-corrected chi connectivity index (χ4v) is 1.33. The fourth-order valence-electron chi connectivity index (χ4n) is 1.33. The van der Waals surface area contributed by atoms with Crippen molar-refractivity contribution < 1.29 is 14.6 Å². The monoisotopic (exact) mass is 255 g/mol. The van der Waals surface area contributed by atoms with E-state index in [-0.39, 0.29) is 0 Å². The summed E-state index contributed by atoms with van der Waals surface area (Å²) in [6, 6.07) is 0. The van der Waals surface area contributed by atoms with Gasteiger partial charge in [-0.15, -0.1) is 0 Å². The van der Waals surface area contributed by atoms with Gasteiger partial charge in [0, 0.05) is 6.20 Å². The van der Waals surface area contributed by atoms with E-state index in [1.807, 2.05) is 0 Å². The fraction of sp³-hybridized carbons (Fsp3) is 0.667. The first-order chi connectivity index (χ1) is 8.05. The van der Waals surface area contributed by atoms with Gasteiger partial charge < -0.3 is 9.84 Å². The Morgan fingerprint density at radius 3 is 2.56 bits per heavy atom. The minimum atomic E-state index is -0.852. The number of nitrogens with zero attached hydrogens (tertiary/aromatic N) is 2. The molecule has 1 rings (SSSR count). The molecule has 0 saturated heterocycles. The highest BCUT2D eigenvalue weighted by molar-refractivity contribution is 5.84. The van der Waals surface area contributed by atoms with E-state index in [0.717, 1.165) is 0 Å². The van der Waals surface area contributed by atoms with Crippen molar-refractivity contribution in [1.82, 2.24) is 9.78 Å². The molecule has 2 N–H and O–H groups in total. The number of hydrogen-bond donors (Lipinski definition) is 2. The molecule has 1 amide bonds. The molecule has 0 radical (unpaired) electrons. The Morgan fingerprint density at radius 2 is 2.06 bits per heavy atom. The number of hydrogen-bond acceptors (Lipinski definition) is 4. The zero-order valence-electron chi connectivity index (χ0n) is 11.5. The minimum Gasteiger partial charge on any atom is -0.444 e. The Bertz CT molecular complexity index is 413. The molecule has 6 nitrogen and oxygen atoms in total. The van der Waals surface area contributed by atoms with Crippen molar-refractivity contribution in [3.8, 4) is 0 Å². The minimum absolute atomic E-state index is 0.350. The van der Waals surface area contributed by atoms with Crippen LogP contribution in [-0.4, -0.2) is 32.2 Å². The lowest BCUT2D eigenvalue weighted by Crippen LogP contribution is -2.27. The van der Waals surface area contributed by atoms with E-state index < -0.39 is 17.3 Å². The van der Waals surface area contributed by atoms with Gasteiger partial charge >= 0.3 is 6.09 Å². The molecular formula is C12H21N3O3. The standard InChI is InChI=1S/C12H21N3O3/c1-11(2,3)18-10(16)14-9-6-13-15(7-9)8-12(4,5)17/h6-7,17H,8H2,1-5H3,(H,14,16). The summed E-state index contributed by atoms with van der Waals surface area (Å²) in [4.78, 5) is 11.5. The summed E-state index contributed by atoms with van der Waals surface area (Å²) < 4.78 is 6.68. The first-order valence-electron chi connectivity index (χ1n) is 5.80. The quantitative estimate of drug-likeness (QED) is 0.866. The molecule has 18 heavy (non-hydrogen) atoms. The summed E-state index contributed by atoms with van der Waals surface area (Å²) in [5.74, 6) is 0. The molecule has 0 bridgehead atoms. The van der Waals surface area contributed by atoms with Crippen LogP contribution in [-0.2, 0) is 11.3 Å². The van der Waals surface area contributed by atoms with Crippen LogP contribution in [0.1, 0.15) is 34.6 Å².